The maximum atomic E-state index is 14.7. The Kier molecular flexibility index (Phi) is 6.64. The Labute approximate surface area is 184 Å². The molecule has 0 aliphatic carbocycles. The Morgan fingerprint density at radius 1 is 0.688 bits per heavy atom. The average molecular weight is 434 g/mol. The van der Waals surface area contributed by atoms with E-state index in [1.165, 1.54) is 38.1 Å². The number of halogens is 2. The second-order valence-electron chi connectivity index (χ2n) is 7.20. The topological polar surface area (TPSA) is 52.6 Å². The van der Waals surface area contributed by atoms with Crippen molar-refractivity contribution in [3.8, 4) is 33.8 Å². The van der Waals surface area contributed by atoms with E-state index in [1.54, 1.807) is 24.3 Å². The highest BCUT2D eigenvalue weighted by atomic mass is 19.1. The van der Waals surface area contributed by atoms with E-state index in [2.05, 4.69) is 13.2 Å². The number of esters is 2. The molecule has 0 saturated carbocycles. The van der Waals surface area contributed by atoms with Crippen molar-refractivity contribution in [2.45, 2.75) is 13.8 Å². The van der Waals surface area contributed by atoms with Gasteiger partial charge in [-0.2, -0.15) is 0 Å². The summed E-state index contributed by atoms with van der Waals surface area (Å²) in [5.74, 6) is -2.38. The molecule has 3 aromatic carbocycles. The summed E-state index contributed by atoms with van der Waals surface area (Å²) < 4.78 is 39.5. The van der Waals surface area contributed by atoms with E-state index in [9.17, 15) is 18.4 Å². The molecular weight excluding hydrogens is 414 g/mol. The second-order valence-corrected chi connectivity index (χ2v) is 7.20. The fourth-order valence-electron chi connectivity index (χ4n) is 2.83. The predicted octanol–water partition coefficient (Wildman–Crippen LogP) is 6.26. The van der Waals surface area contributed by atoms with Crippen LogP contribution in [0.1, 0.15) is 13.8 Å². The van der Waals surface area contributed by atoms with Crippen molar-refractivity contribution in [1.82, 2.24) is 0 Å². The zero-order valence-corrected chi connectivity index (χ0v) is 17.6. The molecule has 3 aromatic rings. The van der Waals surface area contributed by atoms with Gasteiger partial charge in [0.25, 0.3) is 0 Å². The van der Waals surface area contributed by atoms with E-state index in [0.29, 0.717) is 11.1 Å². The van der Waals surface area contributed by atoms with Crippen LogP contribution in [0.5, 0.6) is 11.5 Å². The van der Waals surface area contributed by atoms with Crippen LogP contribution < -0.4 is 9.47 Å². The Balaban J connectivity index is 1.89. The first-order valence-electron chi connectivity index (χ1n) is 9.61. The number of rotatable bonds is 6. The molecule has 0 bridgehead atoms. The number of hydrogen-bond acceptors (Lipinski definition) is 4. The van der Waals surface area contributed by atoms with Gasteiger partial charge in [0.05, 0.1) is 0 Å². The number of ether oxygens (including phenoxy) is 2. The molecule has 0 fully saturated rings. The van der Waals surface area contributed by atoms with Crippen LogP contribution in [0.15, 0.2) is 85.0 Å². The van der Waals surface area contributed by atoms with Gasteiger partial charge in [-0.05, 0) is 55.3 Å². The lowest BCUT2D eigenvalue weighted by molar-refractivity contribution is -0.130. The molecule has 3 rings (SSSR count). The summed E-state index contributed by atoms with van der Waals surface area (Å²) in [5, 5.41) is 0. The zero-order valence-electron chi connectivity index (χ0n) is 17.6. The van der Waals surface area contributed by atoms with Crippen molar-refractivity contribution in [2.24, 2.45) is 0 Å². The van der Waals surface area contributed by atoms with E-state index in [0.717, 1.165) is 12.1 Å². The number of benzene rings is 3. The van der Waals surface area contributed by atoms with Gasteiger partial charge in [0, 0.05) is 34.4 Å². The highest BCUT2D eigenvalue weighted by molar-refractivity contribution is 5.89. The van der Waals surface area contributed by atoms with Crippen LogP contribution in [0.25, 0.3) is 22.3 Å². The van der Waals surface area contributed by atoms with Gasteiger partial charge in [-0.25, -0.2) is 18.4 Å². The minimum Gasteiger partial charge on any atom is -0.423 e. The highest BCUT2D eigenvalue weighted by Gasteiger charge is 2.13. The van der Waals surface area contributed by atoms with Crippen molar-refractivity contribution in [3.63, 3.8) is 0 Å². The van der Waals surface area contributed by atoms with Crippen LogP contribution in [-0.4, -0.2) is 11.9 Å². The molecule has 0 radical (unpaired) electrons. The zero-order chi connectivity index (χ0) is 23.4. The summed E-state index contributed by atoms with van der Waals surface area (Å²) >= 11 is 0. The molecule has 0 saturated heterocycles. The second kappa shape index (κ2) is 9.39. The van der Waals surface area contributed by atoms with Gasteiger partial charge in [0.1, 0.15) is 23.1 Å². The lowest BCUT2D eigenvalue weighted by atomic mass is 9.98. The van der Waals surface area contributed by atoms with Crippen molar-refractivity contribution in [1.29, 1.82) is 0 Å². The van der Waals surface area contributed by atoms with E-state index in [-0.39, 0.29) is 33.8 Å². The summed E-state index contributed by atoms with van der Waals surface area (Å²) in [7, 11) is 0. The van der Waals surface area contributed by atoms with Crippen molar-refractivity contribution in [3.05, 3.63) is 96.6 Å². The van der Waals surface area contributed by atoms with Crippen LogP contribution >= 0.6 is 0 Å². The molecule has 4 nitrogen and oxygen atoms in total. The molecule has 0 aromatic heterocycles. The molecule has 0 N–H and O–H groups in total. The molecule has 0 amide bonds. The van der Waals surface area contributed by atoms with Gasteiger partial charge >= 0.3 is 11.9 Å². The standard InChI is InChI=1S/C26H20F2O4/c1-15(2)25(29)31-19-8-10-21(23(27)13-19)17-6-5-7-18(12-17)22-11-9-20(14-24(22)28)32-26(30)16(3)4/h5-14H,1,3H2,2,4H3. The van der Waals surface area contributed by atoms with Crippen molar-refractivity contribution >= 4 is 11.9 Å². The summed E-state index contributed by atoms with van der Waals surface area (Å²) in [6.07, 6.45) is 0. The lowest BCUT2D eigenvalue weighted by Gasteiger charge is -2.10. The third kappa shape index (κ3) is 5.16. The van der Waals surface area contributed by atoms with Crippen LogP contribution in [0.3, 0.4) is 0 Å². The Morgan fingerprint density at radius 3 is 1.44 bits per heavy atom. The fraction of sp³-hybridized carbons (Fsp3) is 0.0769. The molecule has 0 unspecified atom stereocenters. The van der Waals surface area contributed by atoms with Crippen molar-refractivity contribution in [2.75, 3.05) is 0 Å². The van der Waals surface area contributed by atoms with Crippen LogP contribution in [0, 0.1) is 11.6 Å². The SMILES string of the molecule is C=C(C)C(=O)Oc1ccc(-c2cccc(-c3ccc(OC(=O)C(=C)C)cc3F)c2)c(F)c1. The van der Waals surface area contributed by atoms with Gasteiger partial charge in [-0.3, -0.25) is 0 Å². The summed E-state index contributed by atoms with van der Waals surface area (Å²) in [4.78, 5) is 23.2. The number of carbonyl (C=O) groups is 2. The third-order valence-electron chi connectivity index (χ3n) is 4.48. The molecule has 0 spiro atoms. The monoisotopic (exact) mass is 434 g/mol. The minimum atomic E-state index is -0.646. The average Bonchev–Trinajstić information content (AvgIpc) is 2.74. The Bertz CT molecular complexity index is 1150. The molecule has 162 valence electrons. The molecule has 0 aliphatic rings. The quantitative estimate of drug-likeness (QED) is 0.261. The largest absolute Gasteiger partial charge is 0.423 e. The van der Waals surface area contributed by atoms with Gasteiger partial charge in [-0.1, -0.05) is 31.4 Å². The maximum absolute atomic E-state index is 14.7. The van der Waals surface area contributed by atoms with Gasteiger partial charge in [0.15, 0.2) is 0 Å². The molecule has 0 heterocycles. The maximum Gasteiger partial charge on any atom is 0.338 e. The van der Waals surface area contributed by atoms with E-state index in [1.807, 2.05) is 0 Å². The van der Waals surface area contributed by atoms with Gasteiger partial charge in [-0.15, -0.1) is 0 Å². The first-order chi connectivity index (χ1) is 15.2. The van der Waals surface area contributed by atoms with Crippen LogP contribution in [0.4, 0.5) is 8.78 Å². The van der Waals surface area contributed by atoms with Crippen LogP contribution in [0.2, 0.25) is 0 Å². The highest BCUT2D eigenvalue weighted by Crippen LogP contribution is 2.32. The predicted molar refractivity (Wildman–Crippen MR) is 118 cm³/mol. The number of carbonyl (C=O) groups excluding carboxylic acids is 2. The Hall–Kier alpha value is -4.06. The third-order valence-corrected chi connectivity index (χ3v) is 4.48. The smallest absolute Gasteiger partial charge is 0.338 e. The molecule has 6 heteroatoms. The lowest BCUT2D eigenvalue weighted by Crippen LogP contribution is -2.08. The molecule has 0 atom stereocenters. The first-order valence-corrected chi connectivity index (χ1v) is 9.61. The number of hydrogen-bond donors (Lipinski definition) is 0. The van der Waals surface area contributed by atoms with Crippen molar-refractivity contribution < 1.29 is 27.8 Å². The van der Waals surface area contributed by atoms with E-state index in [4.69, 9.17) is 9.47 Å². The van der Waals surface area contributed by atoms with Gasteiger partial charge in [0.2, 0.25) is 0 Å². The van der Waals surface area contributed by atoms with E-state index >= 15 is 0 Å². The normalized spacial score (nSPS) is 10.4. The molecule has 32 heavy (non-hydrogen) atoms. The van der Waals surface area contributed by atoms with E-state index < -0.39 is 23.6 Å². The summed E-state index contributed by atoms with van der Waals surface area (Å²) in [5.41, 5.74) is 1.93. The van der Waals surface area contributed by atoms with Gasteiger partial charge < -0.3 is 9.47 Å². The molecule has 0 aliphatic heterocycles. The summed E-state index contributed by atoms with van der Waals surface area (Å²) in [6, 6.07) is 14.8. The Morgan fingerprint density at radius 2 is 1.09 bits per heavy atom. The minimum absolute atomic E-state index is 0.0568. The van der Waals surface area contributed by atoms with Crippen LogP contribution in [-0.2, 0) is 9.59 Å². The summed E-state index contributed by atoms with van der Waals surface area (Å²) in [6.45, 7) is 9.96. The molecular formula is C26H20F2O4. The fourth-order valence-corrected chi connectivity index (χ4v) is 2.83. The first kappa shape index (κ1) is 22.6.